The maximum Gasteiger partial charge on any atom is 0.202 e. The van der Waals surface area contributed by atoms with Crippen LogP contribution in [0.25, 0.3) is 0 Å². The van der Waals surface area contributed by atoms with E-state index in [1.807, 2.05) is 24.9 Å². The first-order valence-corrected chi connectivity index (χ1v) is 17.0. The van der Waals surface area contributed by atoms with E-state index >= 15 is 4.39 Å². The van der Waals surface area contributed by atoms with Crippen molar-refractivity contribution in [1.29, 1.82) is 5.26 Å². The van der Waals surface area contributed by atoms with Crippen LogP contribution in [-0.4, -0.2) is 62.3 Å². The molecule has 2 N–H and O–H groups in total. The van der Waals surface area contributed by atoms with Crippen molar-refractivity contribution >= 4 is 11.5 Å². The van der Waals surface area contributed by atoms with Gasteiger partial charge in [-0.25, -0.2) is 23.7 Å². The van der Waals surface area contributed by atoms with Crippen molar-refractivity contribution in [1.82, 2.24) is 24.4 Å². The van der Waals surface area contributed by atoms with Gasteiger partial charge in [-0.1, -0.05) is 26.8 Å². The van der Waals surface area contributed by atoms with E-state index in [1.165, 1.54) is 18.4 Å². The number of aromatic nitrogens is 4. The predicted octanol–water partition coefficient (Wildman–Crippen LogP) is 6.28. The summed E-state index contributed by atoms with van der Waals surface area (Å²) in [5.74, 6) is 2.59. The normalized spacial score (nSPS) is 25.6. The third-order valence-electron chi connectivity index (χ3n) is 11.0. The van der Waals surface area contributed by atoms with Crippen LogP contribution in [0.1, 0.15) is 111 Å². The number of benzene rings is 1. The summed E-state index contributed by atoms with van der Waals surface area (Å²) in [4.78, 5) is 18.3. The smallest absolute Gasteiger partial charge is 0.202 e. The Morgan fingerprint density at radius 1 is 1.22 bits per heavy atom. The van der Waals surface area contributed by atoms with E-state index in [0.29, 0.717) is 36.0 Å². The first-order valence-electron chi connectivity index (χ1n) is 17.0. The van der Waals surface area contributed by atoms with Crippen LogP contribution in [-0.2, 0) is 32.0 Å². The number of hydrogen-bond acceptors (Lipinski definition) is 7. The Labute approximate surface area is 272 Å². The zero-order chi connectivity index (χ0) is 32.8. The monoisotopic (exact) mass is 630 g/mol. The molecule has 0 radical (unpaired) electrons. The zero-order valence-corrected chi connectivity index (χ0v) is 28.0. The molecule has 4 unspecified atom stereocenters. The number of alkyl halides is 2. The molecule has 1 aliphatic carbocycles. The van der Waals surface area contributed by atoms with Gasteiger partial charge >= 0.3 is 0 Å². The highest BCUT2D eigenvalue weighted by Crippen LogP contribution is 2.44. The molecule has 0 bridgehead atoms. The highest BCUT2D eigenvalue weighted by molar-refractivity contribution is 5.63. The fourth-order valence-corrected chi connectivity index (χ4v) is 8.23. The van der Waals surface area contributed by atoms with E-state index in [2.05, 4.69) is 42.8 Å². The van der Waals surface area contributed by atoms with Gasteiger partial charge in [0.2, 0.25) is 5.67 Å². The molecule has 46 heavy (non-hydrogen) atoms. The minimum Gasteiger partial charge on any atom is -0.398 e. The van der Waals surface area contributed by atoms with Crippen LogP contribution in [0.3, 0.4) is 0 Å². The first kappa shape index (κ1) is 32.4. The largest absolute Gasteiger partial charge is 0.398 e. The summed E-state index contributed by atoms with van der Waals surface area (Å²) >= 11 is 0. The molecule has 246 valence electrons. The van der Waals surface area contributed by atoms with Crippen LogP contribution in [0.15, 0.2) is 24.5 Å². The molecule has 3 saturated heterocycles. The fraction of sp³-hybridized carbons (Fsp3) is 0.611. The van der Waals surface area contributed by atoms with Crippen LogP contribution >= 0.6 is 0 Å². The van der Waals surface area contributed by atoms with Gasteiger partial charge in [0.25, 0.3) is 0 Å². The molecule has 4 aliphatic rings. The summed E-state index contributed by atoms with van der Waals surface area (Å²) in [6, 6.07) is 6.35. The van der Waals surface area contributed by atoms with E-state index < -0.39 is 11.8 Å². The number of fused-ring (bicyclic) bond motifs is 2. The Morgan fingerprint density at radius 2 is 2.00 bits per heavy atom. The topological polar surface area (TPSA) is 99.9 Å². The average Bonchev–Trinajstić information content (AvgIpc) is 3.70. The summed E-state index contributed by atoms with van der Waals surface area (Å²) < 4.78 is 30.2. The first-order chi connectivity index (χ1) is 22.0. The molecule has 3 aromatic rings. The molecule has 8 nitrogen and oxygen atoms in total. The van der Waals surface area contributed by atoms with E-state index in [9.17, 15) is 9.65 Å². The summed E-state index contributed by atoms with van der Waals surface area (Å²) in [5, 5.41) is 9.98. The standard InChI is InChI=1S/C28H34FN7.C8H14FN/c1-5-17(3)19-9-10-22(31)21(14-30)25(19)18-7-8-20-23(13-18)33-24(6-2)34-26(20)36-15-28(29,16-36)27-32-11-12-35(27)4;1-8-3-2-4-10(8)6-7(9)5-8/h9-12,17-18H,5-8,13,15-16,31H2,1-4H3;7H,2-6H2,1H3. The van der Waals surface area contributed by atoms with Crippen molar-refractivity contribution < 1.29 is 8.78 Å². The molecule has 4 atom stereocenters. The van der Waals surface area contributed by atoms with E-state index in [1.54, 1.807) is 17.0 Å². The number of imidazole rings is 1. The van der Waals surface area contributed by atoms with Gasteiger partial charge in [-0.05, 0) is 87.4 Å². The maximum atomic E-state index is 15.6. The second-order valence-electron chi connectivity index (χ2n) is 14.2. The number of nitrogens with zero attached hydrogens (tertiary/aromatic N) is 7. The number of hydrogen-bond donors (Lipinski definition) is 1. The number of nitrogen functional groups attached to an aromatic ring is 1. The van der Waals surface area contributed by atoms with Crippen LogP contribution in [0.5, 0.6) is 0 Å². The summed E-state index contributed by atoms with van der Waals surface area (Å²) in [5.41, 5.74) is 10.6. The van der Waals surface area contributed by atoms with E-state index in [0.717, 1.165) is 67.1 Å². The maximum absolute atomic E-state index is 15.6. The van der Waals surface area contributed by atoms with Crippen LogP contribution in [0, 0.1) is 11.3 Å². The number of rotatable bonds is 6. The molecule has 2 aromatic heterocycles. The lowest BCUT2D eigenvalue weighted by molar-refractivity contribution is 0.104. The molecule has 3 aliphatic heterocycles. The molecular formula is C36H48F2N8. The molecular weight excluding hydrogens is 582 g/mol. The van der Waals surface area contributed by atoms with Crippen LogP contribution < -0.4 is 10.6 Å². The van der Waals surface area contributed by atoms with Gasteiger partial charge in [-0.3, -0.25) is 4.90 Å². The lowest BCUT2D eigenvalue weighted by Crippen LogP contribution is -2.58. The number of nitriles is 1. The van der Waals surface area contributed by atoms with Gasteiger partial charge in [0.05, 0.1) is 24.3 Å². The zero-order valence-electron chi connectivity index (χ0n) is 28.0. The molecule has 7 rings (SSSR count). The van der Waals surface area contributed by atoms with Gasteiger partial charge in [0, 0.05) is 49.2 Å². The van der Waals surface area contributed by atoms with Crippen molar-refractivity contribution in [3.63, 3.8) is 0 Å². The van der Waals surface area contributed by atoms with Crippen molar-refractivity contribution in [2.45, 2.75) is 108 Å². The Hall–Kier alpha value is -3.58. The van der Waals surface area contributed by atoms with Gasteiger partial charge in [-0.15, -0.1) is 0 Å². The summed E-state index contributed by atoms with van der Waals surface area (Å²) in [7, 11) is 1.83. The number of nitrogens with two attached hydrogens (primary N) is 1. The molecule has 0 saturated carbocycles. The van der Waals surface area contributed by atoms with Crippen LogP contribution in [0.2, 0.25) is 0 Å². The van der Waals surface area contributed by atoms with Crippen molar-refractivity contribution in [2.24, 2.45) is 7.05 Å². The summed E-state index contributed by atoms with van der Waals surface area (Å²) in [6.45, 7) is 10.9. The Bertz CT molecular complexity index is 1620. The van der Waals surface area contributed by atoms with Gasteiger partial charge < -0.3 is 15.2 Å². The number of aryl methyl sites for hydroxylation is 2. The van der Waals surface area contributed by atoms with Gasteiger partial charge in [-0.2, -0.15) is 5.26 Å². The van der Waals surface area contributed by atoms with Crippen molar-refractivity contribution in [3.8, 4) is 6.07 Å². The highest BCUT2D eigenvalue weighted by Gasteiger charge is 2.49. The van der Waals surface area contributed by atoms with Crippen LogP contribution in [0.4, 0.5) is 20.3 Å². The molecule has 3 fully saturated rings. The molecule has 0 spiro atoms. The molecule has 0 amide bonds. The lowest BCUT2D eigenvalue weighted by atomic mass is 9.76. The minimum atomic E-state index is -1.48. The second-order valence-corrected chi connectivity index (χ2v) is 14.2. The molecule has 10 heteroatoms. The van der Waals surface area contributed by atoms with Gasteiger partial charge in [0.1, 0.15) is 29.7 Å². The Balaban J connectivity index is 0.000000314. The predicted molar refractivity (Wildman–Crippen MR) is 177 cm³/mol. The van der Waals surface area contributed by atoms with Crippen molar-refractivity contribution in [3.05, 3.63) is 64.1 Å². The fourth-order valence-electron chi connectivity index (χ4n) is 8.23. The highest BCUT2D eigenvalue weighted by atomic mass is 19.1. The third-order valence-corrected chi connectivity index (χ3v) is 11.0. The third kappa shape index (κ3) is 5.76. The van der Waals surface area contributed by atoms with E-state index in [-0.39, 0.29) is 24.5 Å². The number of anilines is 2. The van der Waals surface area contributed by atoms with Gasteiger partial charge in [0.15, 0.2) is 0 Å². The van der Waals surface area contributed by atoms with E-state index in [4.69, 9.17) is 15.7 Å². The quantitative estimate of drug-likeness (QED) is 0.320. The average molecular weight is 631 g/mol. The molecule has 1 aromatic carbocycles. The number of halogens is 2. The Kier molecular flexibility index (Phi) is 8.83. The second kappa shape index (κ2) is 12.6. The Morgan fingerprint density at radius 3 is 2.65 bits per heavy atom. The van der Waals surface area contributed by atoms with Crippen molar-refractivity contribution in [2.75, 3.05) is 36.8 Å². The molecule has 5 heterocycles. The summed E-state index contributed by atoms with van der Waals surface area (Å²) in [6.07, 6.45) is 10.2. The SMILES string of the molecule is CC12CCCN1CC(F)C2.CCc1nc2c(c(N3CC(F)(c4nccn4C)C3)n1)CCC(c1c(C(C)CC)ccc(N)c1C#N)C2. The minimum absolute atomic E-state index is 0.163. The lowest BCUT2D eigenvalue weighted by Gasteiger charge is -2.45.